The minimum Gasteiger partial charge on any atom is -0.345 e. The Kier molecular flexibility index (Phi) is 5.59. The van der Waals surface area contributed by atoms with Crippen molar-refractivity contribution in [3.8, 4) is 0 Å². The van der Waals surface area contributed by atoms with Crippen LogP contribution in [0.5, 0.6) is 0 Å². The third-order valence-corrected chi connectivity index (χ3v) is 5.89. The van der Waals surface area contributed by atoms with E-state index in [0.29, 0.717) is 12.1 Å². The molecule has 2 aromatic rings. The number of hydrogen-bond acceptors (Lipinski definition) is 3. The average molecular weight is 364 g/mol. The fraction of sp³-hybridized carbons (Fsp3) is 0.278. The summed E-state index contributed by atoms with van der Waals surface area (Å²) in [7, 11) is -2.53. The van der Waals surface area contributed by atoms with Gasteiger partial charge in [-0.05, 0) is 44.2 Å². The summed E-state index contributed by atoms with van der Waals surface area (Å²) in [6, 6.07) is 6.26. The zero-order valence-corrected chi connectivity index (χ0v) is 15.3. The number of carbonyl (C=O) groups is 1. The standard InChI is InChI=1S/C18H21FN2O3S/c1-5-10-21-13(2)11-17(14(21)3)18(22)12-20(4)25(23,24)16-8-6-15(19)7-9-16/h5-9,11H,1,10,12H2,2-4H3. The van der Waals surface area contributed by atoms with Crippen LogP contribution in [-0.2, 0) is 16.6 Å². The van der Waals surface area contributed by atoms with Gasteiger partial charge >= 0.3 is 0 Å². The van der Waals surface area contributed by atoms with Crippen LogP contribution in [0, 0.1) is 19.7 Å². The lowest BCUT2D eigenvalue weighted by molar-refractivity contribution is 0.0972. The number of rotatable bonds is 7. The summed E-state index contributed by atoms with van der Waals surface area (Å²) >= 11 is 0. The van der Waals surface area contributed by atoms with Crippen molar-refractivity contribution in [1.29, 1.82) is 0 Å². The van der Waals surface area contributed by atoms with Gasteiger partial charge in [0.25, 0.3) is 0 Å². The minimum atomic E-state index is -3.86. The third-order valence-electron chi connectivity index (χ3n) is 4.07. The second-order valence-corrected chi connectivity index (χ2v) is 7.87. The van der Waals surface area contributed by atoms with Gasteiger partial charge in [-0.15, -0.1) is 6.58 Å². The van der Waals surface area contributed by atoms with Crippen molar-refractivity contribution in [1.82, 2.24) is 8.87 Å². The summed E-state index contributed by atoms with van der Waals surface area (Å²) < 4.78 is 40.9. The molecule has 0 amide bonds. The predicted octanol–water partition coefficient (Wildman–Crippen LogP) is 2.93. The summed E-state index contributed by atoms with van der Waals surface area (Å²) in [5.41, 5.74) is 2.17. The van der Waals surface area contributed by atoms with E-state index in [0.717, 1.165) is 27.8 Å². The van der Waals surface area contributed by atoms with Crippen molar-refractivity contribution in [3.05, 3.63) is 65.8 Å². The first-order chi connectivity index (χ1) is 11.7. The Morgan fingerprint density at radius 2 is 1.88 bits per heavy atom. The van der Waals surface area contributed by atoms with E-state index in [1.165, 1.54) is 19.2 Å². The molecule has 7 heteroatoms. The fourth-order valence-electron chi connectivity index (χ4n) is 2.65. The Balaban J connectivity index is 2.24. The number of likely N-dealkylation sites (N-methyl/N-ethyl adjacent to an activating group) is 1. The summed E-state index contributed by atoms with van der Waals surface area (Å²) in [5.74, 6) is -0.816. The van der Waals surface area contributed by atoms with Gasteiger partial charge in [0.2, 0.25) is 10.0 Å². The molecule has 0 aliphatic heterocycles. The Labute approximate surface area is 147 Å². The molecule has 0 spiro atoms. The van der Waals surface area contributed by atoms with Crippen molar-refractivity contribution in [2.45, 2.75) is 25.3 Å². The summed E-state index contributed by atoms with van der Waals surface area (Å²) in [6.07, 6.45) is 1.74. The molecule has 25 heavy (non-hydrogen) atoms. The van der Waals surface area contributed by atoms with Crippen LogP contribution in [-0.4, -0.2) is 36.7 Å². The highest BCUT2D eigenvalue weighted by Gasteiger charge is 2.25. The summed E-state index contributed by atoms with van der Waals surface area (Å²) in [5, 5.41) is 0. The number of aryl methyl sites for hydroxylation is 1. The van der Waals surface area contributed by atoms with Crippen molar-refractivity contribution >= 4 is 15.8 Å². The zero-order valence-electron chi connectivity index (χ0n) is 14.5. The Morgan fingerprint density at radius 1 is 1.28 bits per heavy atom. The van der Waals surface area contributed by atoms with Gasteiger partial charge in [-0.3, -0.25) is 4.79 Å². The van der Waals surface area contributed by atoms with E-state index in [4.69, 9.17) is 0 Å². The molecule has 0 saturated carbocycles. The number of aromatic nitrogens is 1. The molecule has 0 fully saturated rings. The average Bonchev–Trinajstić information content (AvgIpc) is 2.83. The number of Topliss-reactive ketones (excluding diaryl/α,β-unsaturated/α-hetero) is 1. The largest absolute Gasteiger partial charge is 0.345 e. The zero-order chi connectivity index (χ0) is 18.8. The first-order valence-electron chi connectivity index (χ1n) is 7.71. The quantitative estimate of drug-likeness (QED) is 0.561. The highest BCUT2D eigenvalue weighted by atomic mass is 32.2. The van der Waals surface area contributed by atoms with Crippen LogP contribution in [0.1, 0.15) is 21.7 Å². The molecule has 0 N–H and O–H groups in total. The van der Waals surface area contributed by atoms with Gasteiger partial charge in [0, 0.05) is 30.5 Å². The number of nitrogens with zero attached hydrogens (tertiary/aromatic N) is 2. The molecule has 5 nitrogen and oxygen atoms in total. The fourth-order valence-corrected chi connectivity index (χ4v) is 3.78. The van der Waals surface area contributed by atoms with Gasteiger partial charge in [0.15, 0.2) is 5.78 Å². The van der Waals surface area contributed by atoms with Gasteiger partial charge in [0.1, 0.15) is 5.82 Å². The van der Waals surface area contributed by atoms with E-state index in [9.17, 15) is 17.6 Å². The van der Waals surface area contributed by atoms with Crippen LogP contribution in [0.3, 0.4) is 0 Å². The molecular weight excluding hydrogens is 343 g/mol. The lowest BCUT2D eigenvalue weighted by Gasteiger charge is -2.16. The molecule has 1 aromatic carbocycles. The van der Waals surface area contributed by atoms with E-state index in [2.05, 4.69) is 6.58 Å². The number of sulfonamides is 1. The Bertz CT molecular complexity index is 899. The smallest absolute Gasteiger partial charge is 0.243 e. The highest BCUT2D eigenvalue weighted by molar-refractivity contribution is 7.89. The molecule has 2 rings (SSSR count). The van der Waals surface area contributed by atoms with Crippen molar-refractivity contribution in [3.63, 3.8) is 0 Å². The second kappa shape index (κ2) is 7.33. The first kappa shape index (κ1) is 19.1. The highest BCUT2D eigenvalue weighted by Crippen LogP contribution is 2.19. The minimum absolute atomic E-state index is 0.0543. The van der Waals surface area contributed by atoms with E-state index in [1.54, 1.807) is 12.1 Å². The maximum Gasteiger partial charge on any atom is 0.243 e. The van der Waals surface area contributed by atoms with Crippen LogP contribution in [0.2, 0.25) is 0 Å². The predicted molar refractivity (Wildman–Crippen MR) is 94.6 cm³/mol. The maximum atomic E-state index is 13.0. The number of benzene rings is 1. The molecule has 0 bridgehead atoms. The molecule has 0 atom stereocenters. The maximum absolute atomic E-state index is 13.0. The number of hydrogen-bond donors (Lipinski definition) is 0. The van der Waals surface area contributed by atoms with E-state index >= 15 is 0 Å². The van der Waals surface area contributed by atoms with Gasteiger partial charge in [-0.25, -0.2) is 12.8 Å². The van der Waals surface area contributed by atoms with Crippen LogP contribution < -0.4 is 0 Å². The normalized spacial score (nSPS) is 11.7. The van der Waals surface area contributed by atoms with Gasteiger partial charge in [0.05, 0.1) is 11.4 Å². The first-order valence-corrected chi connectivity index (χ1v) is 9.15. The molecule has 0 aliphatic carbocycles. The summed E-state index contributed by atoms with van der Waals surface area (Å²) in [4.78, 5) is 12.5. The van der Waals surface area contributed by atoms with Crippen LogP contribution in [0.25, 0.3) is 0 Å². The Morgan fingerprint density at radius 3 is 2.44 bits per heavy atom. The van der Waals surface area contributed by atoms with Crippen molar-refractivity contribution < 1.29 is 17.6 Å². The van der Waals surface area contributed by atoms with E-state index in [-0.39, 0.29) is 17.2 Å². The SMILES string of the molecule is C=CCn1c(C)cc(C(=O)CN(C)S(=O)(=O)c2ccc(F)cc2)c1C. The van der Waals surface area contributed by atoms with Gasteiger partial charge in [-0.2, -0.15) is 4.31 Å². The van der Waals surface area contributed by atoms with Gasteiger partial charge < -0.3 is 4.57 Å². The van der Waals surface area contributed by atoms with Crippen LogP contribution in [0.4, 0.5) is 4.39 Å². The number of ketones is 1. The van der Waals surface area contributed by atoms with Crippen LogP contribution in [0.15, 0.2) is 47.9 Å². The molecule has 1 heterocycles. The second-order valence-electron chi connectivity index (χ2n) is 5.82. The number of carbonyl (C=O) groups excluding carboxylic acids is 1. The van der Waals surface area contributed by atoms with Crippen molar-refractivity contribution in [2.75, 3.05) is 13.6 Å². The number of halogens is 1. The Hall–Kier alpha value is -2.25. The third kappa shape index (κ3) is 3.88. The monoisotopic (exact) mass is 364 g/mol. The van der Waals surface area contributed by atoms with E-state index in [1.807, 2.05) is 18.4 Å². The molecule has 1 aromatic heterocycles. The molecular formula is C18H21FN2O3S. The van der Waals surface area contributed by atoms with Gasteiger partial charge in [-0.1, -0.05) is 6.08 Å². The van der Waals surface area contributed by atoms with E-state index < -0.39 is 15.8 Å². The molecule has 0 unspecified atom stereocenters. The lowest BCUT2D eigenvalue weighted by atomic mass is 10.1. The topological polar surface area (TPSA) is 59.4 Å². The lowest BCUT2D eigenvalue weighted by Crippen LogP contribution is -2.32. The molecule has 0 aliphatic rings. The molecule has 0 radical (unpaired) electrons. The van der Waals surface area contributed by atoms with Crippen molar-refractivity contribution in [2.24, 2.45) is 0 Å². The number of allylic oxidation sites excluding steroid dienone is 1. The molecule has 0 saturated heterocycles. The molecule has 134 valence electrons. The summed E-state index contributed by atoms with van der Waals surface area (Å²) in [6.45, 7) is 7.68. The van der Waals surface area contributed by atoms with Crippen LogP contribution >= 0.6 is 0 Å².